The Bertz CT molecular complexity index is 586. The normalized spacial score (nSPS) is 10.3. The van der Waals surface area contributed by atoms with Crippen molar-refractivity contribution in [2.24, 2.45) is 0 Å². The van der Waals surface area contributed by atoms with Gasteiger partial charge in [-0.25, -0.2) is 4.98 Å². The molecule has 6 heteroatoms. The molecule has 0 radical (unpaired) electrons. The predicted molar refractivity (Wildman–Crippen MR) is 78.6 cm³/mol. The molecule has 0 fully saturated rings. The van der Waals surface area contributed by atoms with E-state index in [1.54, 1.807) is 41.6 Å². The van der Waals surface area contributed by atoms with Crippen LogP contribution >= 0.6 is 27.3 Å². The van der Waals surface area contributed by atoms with Crippen molar-refractivity contribution in [3.05, 3.63) is 44.7 Å². The first-order valence-electron chi connectivity index (χ1n) is 5.60. The van der Waals surface area contributed by atoms with E-state index in [0.717, 1.165) is 8.66 Å². The number of aromatic nitrogens is 1. The van der Waals surface area contributed by atoms with Crippen LogP contribution in [0.2, 0.25) is 0 Å². The molecule has 2 aromatic rings. The third-order valence-corrected chi connectivity index (χ3v) is 4.17. The predicted octanol–water partition coefficient (Wildman–Crippen LogP) is 3.19. The highest BCUT2D eigenvalue weighted by Gasteiger charge is 2.17. The molecule has 0 N–H and O–H groups in total. The number of carbonyl (C=O) groups is 1. The number of nitrogens with zero attached hydrogens (tertiary/aromatic N) is 2. The summed E-state index contributed by atoms with van der Waals surface area (Å²) in [5, 5.41) is 0. The molecule has 2 rings (SSSR count). The summed E-state index contributed by atoms with van der Waals surface area (Å²) >= 11 is 5.03. The van der Waals surface area contributed by atoms with Gasteiger partial charge in [-0.3, -0.25) is 4.79 Å². The lowest BCUT2D eigenvalue weighted by Crippen LogP contribution is -2.26. The van der Waals surface area contributed by atoms with Gasteiger partial charge in [-0.2, -0.15) is 0 Å². The lowest BCUT2D eigenvalue weighted by atomic mass is 10.2. The van der Waals surface area contributed by atoms with Gasteiger partial charge < -0.3 is 9.64 Å². The summed E-state index contributed by atoms with van der Waals surface area (Å²) in [7, 11) is 3.28. The summed E-state index contributed by atoms with van der Waals surface area (Å²) in [6.07, 6.45) is 1.60. The Hall–Kier alpha value is -1.40. The van der Waals surface area contributed by atoms with Gasteiger partial charge >= 0.3 is 0 Å². The average molecular weight is 341 g/mol. The van der Waals surface area contributed by atoms with Crippen LogP contribution in [0.5, 0.6) is 5.88 Å². The third kappa shape index (κ3) is 3.33. The van der Waals surface area contributed by atoms with E-state index in [9.17, 15) is 4.79 Å². The number of hydrogen-bond acceptors (Lipinski definition) is 4. The zero-order valence-corrected chi connectivity index (χ0v) is 13.0. The summed E-state index contributed by atoms with van der Waals surface area (Å²) in [4.78, 5) is 19.1. The summed E-state index contributed by atoms with van der Waals surface area (Å²) in [5.41, 5.74) is 0.475. The zero-order valence-electron chi connectivity index (χ0n) is 10.6. The number of rotatable bonds is 4. The van der Waals surface area contributed by atoms with Crippen LogP contribution in [0, 0.1) is 0 Å². The van der Waals surface area contributed by atoms with Crippen LogP contribution in [0.3, 0.4) is 0 Å². The highest BCUT2D eigenvalue weighted by molar-refractivity contribution is 9.11. The van der Waals surface area contributed by atoms with E-state index in [4.69, 9.17) is 4.74 Å². The van der Waals surface area contributed by atoms with Crippen molar-refractivity contribution in [2.45, 2.75) is 6.54 Å². The quantitative estimate of drug-likeness (QED) is 0.858. The number of pyridine rings is 1. The molecular weight excluding hydrogens is 328 g/mol. The monoisotopic (exact) mass is 340 g/mol. The number of hydrogen-bond donors (Lipinski definition) is 0. The van der Waals surface area contributed by atoms with Crippen LogP contribution in [0.15, 0.2) is 34.2 Å². The van der Waals surface area contributed by atoms with E-state index in [0.29, 0.717) is 18.0 Å². The first-order valence-corrected chi connectivity index (χ1v) is 7.21. The summed E-state index contributed by atoms with van der Waals surface area (Å²) in [6, 6.07) is 7.42. The number of carbonyl (C=O) groups excluding carboxylic acids is 1. The molecule has 0 bridgehead atoms. The second kappa shape index (κ2) is 6.16. The van der Waals surface area contributed by atoms with Gasteiger partial charge in [0.25, 0.3) is 5.91 Å². The molecule has 0 saturated heterocycles. The van der Waals surface area contributed by atoms with Gasteiger partial charge in [0.05, 0.1) is 17.4 Å². The number of halogens is 1. The lowest BCUT2D eigenvalue weighted by molar-refractivity contribution is 0.0782. The van der Waals surface area contributed by atoms with Crippen molar-refractivity contribution in [2.75, 3.05) is 14.2 Å². The number of thiophene rings is 1. The van der Waals surface area contributed by atoms with Crippen molar-refractivity contribution in [1.82, 2.24) is 9.88 Å². The second-order valence-corrected chi connectivity index (χ2v) is 6.47. The SMILES string of the molecule is COc1ncccc1C(=O)N(C)Cc1ccc(Br)s1. The van der Waals surface area contributed by atoms with E-state index in [1.165, 1.54) is 7.11 Å². The van der Waals surface area contributed by atoms with Gasteiger partial charge in [0.2, 0.25) is 5.88 Å². The topological polar surface area (TPSA) is 42.4 Å². The van der Waals surface area contributed by atoms with E-state index in [1.807, 2.05) is 12.1 Å². The molecule has 4 nitrogen and oxygen atoms in total. The Labute approximate surface area is 124 Å². The van der Waals surface area contributed by atoms with E-state index < -0.39 is 0 Å². The van der Waals surface area contributed by atoms with Gasteiger partial charge in [-0.05, 0) is 40.2 Å². The minimum atomic E-state index is -0.102. The van der Waals surface area contributed by atoms with Gasteiger partial charge in [0, 0.05) is 18.1 Å². The molecule has 100 valence electrons. The molecular formula is C13H13BrN2O2S. The largest absolute Gasteiger partial charge is 0.480 e. The Morgan fingerprint density at radius 1 is 1.47 bits per heavy atom. The molecule has 0 aliphatic rings. The Kier molecular flexibility index (Phi) is 4.55. The van der Waals surface area contributed by atoms with Crippen LogP contribution < -0.4 is 4.74 Å². The smallest absolute Gasteiger partial charge is 0.259 e. The highest BCUT2D eigenvalue weighted by atomic mass is 79.9. The first kappa shape index (κ1) is 14.0. The second-order valence-electron chi connectivity index (χ2n) is 3.93. The fourth-order valence-electron chi connectivity index (χ4n) is 1.66. The number of ether oxygens (including phenoxy) is 1. The maximum atomic E-state index is 12.3. The van der Waals surface area contributed by atoms with Crippen LogP contribution in [0.4, 0.5) is 0 Å². The van der Waals surface area contributed by atoms with Crippen molar-refractivity contribution in [1.29, 1.82) is 0 Å². The van der Waals surface area contributed by atoms with Crippen LogP contribution in [-0.4, -0.2) is 29.9 Å². The van der Waals surface area contributed by atoms with Crippen LogP contribution in [0.25, 0.3) is 0 Å². The number of amides is 1. The summed E-state index contributed by atoms with van der Waals surface area (Å²) in [5.74, 6) is 0.251. The highest BCUT2D eigenvalue weighted by Crippen LogP contribution is 2.24. The molecule has 0 saturated carbocycles. The van der Waals surface area contributed by atoms with E-state index in [-0.39, 0.29) is 5.91 Å². The Balaban J connectivity index is 2.14. The zero-order chi connectivity index (χ0) is 13.8. The molecule has 0 atom stereocenters. The standard InChI is InChI=1S/C13H13BrN2O2S/c1-16(8-9-5-6-11(14)19-9)13(17)10-4-3-7-15-12(10)18-2/h3-7H,8H2,1-2H3. The molecule has 2 aromatic heterocycles. The van der Waals surface area contributed by atoms with Gasteiger partial charge in [-0.15, -0.1) is 11.3 Å². The maximum absolute atomic E-state index is 12.3. The first-order chi connectivity index (χ1) is 9.11. The lowest BCUT2D eigenvalue weighted by Gasteiger charge is -2.17. The van der Waals surface area contributed by atoms with E-state index in [2.05, 4.69) is 20.9 Å². The third-order valence-electron chi connectivity index (χ3n) is 2.56. The molecule has 0 aliphatic heterocycles. The van der Waals surface area contributed by atoms with Crippen molar-refractivity contribution >= 4 is 33.2 Å². The minimum absolute atomic E-state index is 0.102. The Morgan fingerprint density at radius 2 is 2.26 bits per heavy atom. The van der Waals surface area contributed by atoms with E-state index >= 15 is 0 Å². The van der Waals surface area contributed by atoms with Crippen LogP contribution in [-0.2, 0) is 6.54 Å². The van der Waals surface area contributed by atoms with Gasteiger partial charge in [-0.1, -0.05) is 0 Å². The molecule has 19 heavy (non-hydrogen) atoms. The van der Waals surface area contributed by atoms with Gasteiger partial charge in [0.1, 0.15) is 5.56 Å². The molecule has 0 unspecified atom stereocenters. The summed E-state index contributed by atoms with van der Waals surface area (Å²) < 4.78 is 6.17. The Morgan fingerprint density at radius 3 is 2.89 bits per heavy atom. The van der Waals surface area contributed by atoms with Crippen molar-refractivity contribution < 1.29 is 9.53 Å². The maximum Gasteiger partial charge on any atom is 0.259 e. The molecule has 0 aromatic carbocycles. The number of methoxy groups -OCH3 is 1. The molecule has 2 heterocycles. The van der Waals surface area contributed by atoms with Crippen LogP contribution in [0.1, 0.15) is 15.2 Å². The fourth-order valence-corrected chi connectivity index (χ4v) is 3.20. The van der Waals surface area contributed by atoms with Crippen molar-refractivity contribution in [3.8, 4) is 5.88 Å². The van der Waals surface area contributed by atoms with Crippen molar-refractivity contribution in [3.63, 3.8) is 0 Å². The minimum Gasteiger partial charge on any atom is -0.480 e. The molecule has 0 spiro atoms. The average Bonchev–Trinajstić information content (AvgIpc) is 2.83. The van der Waals surface area contributed by atoms with Gasteiger partial charge in [0.15, 0.2) is 0 Å². The molecule has 0 aliphatic carbocycles. The molecule has 1 amide bonds. The summed E-state index contributed by atoms with van der Waals surface area (Å²) in [6.45, 7) is 0.563. The fraction of sp³-hybridized carbons (Fsp3) is 0.231.